The Morgan fingerprint density at radius 1 is 0.950 bits per heavy atom. The number of nitrogens with one attached hydrogen (secondary N) is 1. The first-order chi connectivity index (χ1) is 9.52. The van der Waals surface area contributed by atoms with Gasteiger partial charge in [-0.2, -0.15) is 0 Å². The van der Waals surface area contributed by atoms with Gasteiger partial charge in [-0.3, -0.25) is 0 Å². The van der Waals surface area contributed by atoms with Gasteiger partial charge < -0.3 is 5.32 Å². The smallest absolute Gasteiger partial charge is 0.137 e. The summed E-state index contributed by atoms with van der Waals surface area (Å²) in [6.45, 7) is 4.35. The van der Waals surface area contributed by atoms with Gasteiger partial charge in [0.2, 0.25) is 0 Å². The molecule has 3 heteroatoms. The molecule has 0 fully saturated rings. The maximum Gasteiger partial charge on any atom is 0.137 e. The van der Waals surface area contributed by atoms with Gasteiger partial charge in [0.25, 0.3) is 0 Å². The van der Waals surface area contributed by atoms with Crippen molar-refractivity contribution in [3.63, 3.8) is 0 Å². The average Bonchev–Trinajstić information content (AvgIpc) is 2.44. The summed E-state index contributed by atoms with van der Waals surface area (Å²) in [7, 11) is 1.89. The molecule has 0 spiro atoms. The van der Waals surface area contributed by atoms with Crippen LogP contribution in [0, 0.1) is 5.82 Å². The Labute approximate surface area is 128 Å². The number of rotatable bonds is 4. The van der Waals surface area contributed by atoms with Gasteiger partial charge in [0.1, 0.15) is 5.82 Å². The van der Waals surface area contributed by atoms with Crippen molar-refractivity contribution in [3.05, 3.63) is 69.4 Å². The molecule has 1 N–H and O–H groups in total. The number of halogens is 2. The average molecular weight is 336 g/mol. The van der Waals surface area contributed by atoms with E-state index in [4.69, 9.17) is 0 Å². The summed E-state index contributed by atoms with van der Waals surface area (Å²) in [5.74, 6) is 0.281. The van der Waals surface area contributed by atoms with Gasteiger partial charge >= 0.3 is 0 Å². The van der Waals surface area contributed by atoms with E-state index in [1.54, 1.807) is 12.1 Å². The van der Waals surface area contributed by atoms with E-state index < -0.39 is 0 Å². The fraction of sp³-hybridized carbons (Fsp3) is 0.294. The van der Waals surface area contributed by atoms with Gasteiger partial charge in [0.05, 0.1) is 10.5 Å². The van der Waals surface area contributed by atoms with E-state index in [0.717, 1.165) is 11.1 Å². The van der Waals surface area contributed by atoms with Crippen LogP contribution < -0.4 is 5.32 Å². The van der Waals surface area contributed by atoms with Crippen LogP contribution in [0.5, 0.6) is 0 Å². The summed E-state index contributed by atoms with van der Waals surface area (Å²) in [4.78, 5) is 0. The first kappa shape index (κ1) is 15.2. The molecule has 1 unspecified atom stereocenters. The minimum absolute atomic E-state index is 0.00110. The Balaban J connectivity index is 2.33. The molecular weight excluding hydrogens is 317 g/mol. The Bertz CT molecular complexity index is 578. The Hall–Kier alpha value is -1.19. The predicted octanol–water partition coefficient (Wildman–Crippen LogP) is 5.02. The van der Waals surface area contributed by atoms with Gasteiger partial charge in [-0.05, 0) is 57.7 Å². The highest BCUT2D eigenvalue weighted by Crippen LogP contribution is 2.26. The third-order valence-corrected chi connectivity index (χ3v) is 4.15. The van der Waals surface area contributed by atoms with Crippen LogP contribution in [0.25, 0.3) is 0 Å². The molecule has 0 amide bonds. The molecule has 0 aliphatic rings. The molecule has 1 atom stereocenters. The first-order valence-electron chi connectivity index (χ1n) is 6.75. The molecule has 0 saturated carbocycles. The lowest BCUT2D eigenvalue weighted by Gasteiger charge is -2.18. The van der Waals surface area contributed by atoms with E-state index in [-0.39, 0.29) is 11.9 Å². The van der Waals surface area contributed by atoms with Crippen LogP contribution in [0.4, 0.5) is 4.39 Å². The van der Waals surface area contributed by atoms with E-state index in [2.05, 4.69) is 59.4 Å². The van der Waals surface area contributed by atoms with Gasteiger partial charge in [0.15, 0.2) is 0 Å². The molecule has 0 saturated heterocycles. The maximum absolute atomic E-state index is 13.7. The highest BCUT2D eigenvalue weighted by Gasteiger charge is 2.14. The van der Waals surface area contributed by atoms with E-state index in [1.807, 2.05) is 13.1 Å². The van der Waals surface area contributed by atoms with E-state index in [9.17, 15) is 4.39 Å². The number of hydrogen-bond donors (Lipinski definition) is 1. The first-order valence-corrected chi connectivity index (χ1v) is 7.54. The van der Waals surface area contributed by atoms with Crippen LogP contribution >= 0.6 is 15.9 Å². The third-order valence-electron chi connectivity index (χ3n) is 3.50. The molecule has 0 heterocycles. The van der Waals surface area contributed by atoms with Crippen LogP contribution in [-0.2, 0) is 0 Å². The van der Waals surface area contributed by atoms with Crippen molar-refractivity contribution >= 4 is 15.9 Å². The summed E-state index contributed by atoms with van der Waals surface area (Å²) < 4.78 is 14.2. The predicted molar refractivity (Wildman–Crippen MR) is 85.5 cm³/mol. The van der Waals surface area contributed by atoms with E-state index in [1.165, 1.54) is 5.56 Å². The van der Waals surface area contributed by atoms with Crippen LogP contribution in [0.1, 0.15) is 42.5 Å². The molecule has 106 valence electrons. The van der Waals surface area contributed by atoms with Crippen molar-refractivity contribution in [3.8, 4) is 0 Å². The minimum Gasteiger partial charge on any atom is -0.309 e. The van der Waals surface area contributed by atoms with Crippen molar-refractivity contribution in [1.82, 2.24) is 5.32 Å². The molecule has 2 rings (SSSR count). The highest BCUT2D eigenvalue weighted by atomic mass is 79.9. The number of hydrogen-bond acceptors (Lipinski definition) is 1. The van der Waals surface area contributed by atoms with Gasteiger partial charge in [-0.15, -0.1) is 0 Å². The SMILES string of the molecule is CNC(c1ccc(C(C)C)cc1)c1ccc(Br)c(F)c1. The zero-order valence-electron chi connectivity index (χ0n) is 12.0. The quantitative estimate of drug-likeness (QED) is 0.827. The van der Waals surface area contributed by atoms with Crippen molar-refractivity contribution in [2.75, 3.05) is 7.05 Å². The molecule has 0 aliphatic carbocycles. The lowest BCUT2D eigenvalue weighted by Crippen LogP contribution is -2.17. The fourth-order valence-electron chi connectivity index (χ4n) is 2.29. The molecule has 0 radical (unpaired) electrons. The molecule has 1 nitrogen and oxygen atoms in total. The summed E-state index contributed by atoms with van der Waals surface area (Å²) >= 11 is 3.19. The second-order valence-electron chi connectivity index (χ2n) is 5.22. The Kier molecular flexibility index (Phi) is 4.95. The van der Waals surface area contributed by atoms with E-state index in [0.29, 0.717) is 10.4 Å². The third kappa shape index (κ3) is 3.28. The van der Waals surface area contributed by atoms with Crippen molar-refractivity contribution in [2.24, 2.45) is 0 Å². The summed E-state index contributed by atoms with van der Waals surface area (Å²) in [5.41, 5.74) is 3.37. The van der Waals surface area contributed by atoms with Crippen molar-refractivity contribution in [1.29, 1.82) is 0 Å². The van der Waals surface area contributed by atoms with E-state index >= 15 is 0 Å². The molecule has 2 aromatic rings. The largest absolute Gasteiger partial charge is 0.309 e. The molecular formula is C17H19BrFN. The normalized spacial score (nSPS) is 12.7. The second kappa shape index (κ2) is 6.51. The van der Waals surface area contributed by atoms with Gasteiger partial charge in [-0.25, -0.2) is 4.39 Å². The topological polar surface area (TPSA) is 12.0 Å². The summed E-state index contributed by atoms with van der Waals surface area (Å²) in [6.07, 6.45) is 0. The molecule has 0 aromatic heterocycles. The maximum atomic E-state index is 13.7. The zero-order valence-corrected chi connectivity index (χ0v) is 13.5. The Morgan fingerprint density at radius 3 is 2.00 bits per heavy atom. The minimum atomic E-state index is -0.235. The fourth-order valence-corrected chi connectivity index (χ4v) is 2.54. The van der Waals surface area contributed by atoms with Crippen LogP contribution in [0.2, 0.25) is 0 Å². The second-order valence-corrected chi connectivity index (χ2v) is 6.07. The van der Waals surface area contributed by atoms with Crippen LogP contribution in [-0.4, -0.2) is 7.05 Å². The molecule has 20 heavy (non-hydrogen) atoms. The van der Waals surface area contributed by atoms with Gasteiger partial charge in [0, 0.05) is 0 Å². The van der Waals surface area contributed by atoms with Crippen LogP contribution in [0.15, 0.2) is 46.9 Å². The van der Waals surface area contributed by atoms with Crippen LogP contribution in [0.3, 0.4) is 0 Å². The lowest BCUT2D eigenvalue weighted by atomic mass is 9.95. The van der Waals surface area contributed by atoms with Crippen molar-refractivity contribution in [2.45, 2.75) is 25.8 Å². The molecule has 2 aromatic carbocycles. The standard InChI is InChI=1S/C17H19BrFN/c1-11(2)12-4-6-13(7-5-12)17(20-3)14-8-9-15(18)16(19)10-14/h4-11,17,20H,1-3H3. The summed E-state index contributed by atoms with van der Waals surface area (Å²) in [6, 6.07) is 13.7. The molecule has 0 bridgehead atoms. The number of benzene rings is 2. The Morgan fingerprint density at radius 2 is 1.50 bits per heavy atom. The van der Waals surface area contributed by atoms with Gasteiger partial charge in [-0.1, -0.05) is 44.2 Å². The zero-order chi connectivity index (χ0) is 14.7. The lowest BCUT2D eigenvalue weighted by molar-refractivity contribution is 0.610. The highest BCUT2D eigenvalue weighted by molar-refractivity contribution is 9.10. The molecule has 0 aliphatic heterocycles. The summed E-state index contributed by atoms with van der Waals surface area (Å²) in [5, 5.41) is 3.25. The van der Waals surface area contributed by atoms with Crippen molar-refractivity contribution < 1.29 is 4.39 Å². The monoisotopic (exact) mass is 335 g/mol.